The smallest absolute Gasteiger partial charge is 0.329 e. The summed E-state index contributed by atoms with van der Waals surface area (Å²) in [5, 5.41) is 26.7. The van der Waals surface area contributed by atoms with Crippen LogP contribution >= 0.6 is 0 Å². The normalized spacial score (nSPS) is 10.5. The minimum absolute atomic E-state index is 0.0770. The third-order valence-electron chi connectivity index (χ3n) is 2.44. The predicted octanol–water partition coefficient (Wildman–Crippen LogP) is 1.55. The van der Waals surface area contributed by atoms with Gasteiger partial charge in [0.25, 0.3) is 5.69 Å². The Morgan fingerprint density at radius 1 is 1.43 bits per heavy atom. The Morgan fingerprint density at radius 2 is 2.19 bits per heavy atom. The Labute approximate surface area is 118 Å². The molecular weight excluding hydrogens is 282 g/mol. The molecule has 0 bridgehead atoms. The highest BCUT2D eigenvalue weighted by Crippen LogP contribution is 2.25. The summed E-state index contributed by atoms with van der Waals surface area (Å²) < 4.78 is 10.1. The van der Waals surface area contributed by atoms with E-state index in [0.717, 1.165) is 0 Å². The molecule has 0 saturated heterocycles. The van der Waals surface area contributed by atoms with Crippen molar-refractivity contribution in [3.05, 3.63) is 39.8 Å². The van der Waals surface area contributed by atoms with Crippen molar-refractivity contribution in [3.63, 3.8) is 0 Å². The molecule has 0 aliphatic heterocycles. The van der Waals surface area contributed by atoms with Gasteiger partial charge in [0.1, 0.15) is 13.2 Å². The zero-order valence-electron chi connectivity index (χ0n) is 11.0. The number of ether oxygens (including phenoxy) is 1. The zero-order valence-corrected chi connectivity index (χ0v) is 11.0. The van der Waals surface area contributed by atoms with E-state index in [0.29, 0.717) is 11.1 Å². The van der Waals surface area contributed by atoms with Crippen LogP contribution in [-0.2, 0) is 16.1 Å². The Morgan fingerprint density at radius 3 is 2.86 bits per heavy atom. The fourth-order valence-electron chi connectivity index (χ4n) is 1.65. The van der Waals surface area contributed by atoms with Crippen molar-refractivity contribution in [2.45, 2.75) is 13.5 Å². The van der Waals surface area contributed by atoms with Gasteiger partial charge in [0.2, 0.25) is 11.8 Å². The summed E-state index contributed by atoms with van der Waals surface area (Å²) in [6, 6.07) is 4.42. The Balaban J connectivity index is 2.17. The second kappa shape index (κ2) is 6.09. The van der Waals surface area contributed by atoms with Crippen LogP contribution in [0.3, 0.4) is 0 Å². The molecule has 0 radical (unpaired) electrons. The van der Waals surface area contributed by atoms with Crippen molar-refractivity contribution >= 4 is 11.7 Å². The van der Waals surface area contributed by atoms with E-state index >= 15 is 0 Å². The van der Waals surface area contributed by atoms with Crippen LogP contribution in [-0.4, -0.2) is 32.8 Å². The molecule has 9 nitrogen and oxygen atoms in total. The molecule has 0 atom stereocenters. The van der Waals surface area contributed by atoms with Gasteiger partial charge in [0.05, 0.1) is 4.92 Å². The van der Waals surface area contributed by atoms with E-state index in [1.807, 2.05) is 0 Å². The molecule has 0 aliphatic rings. The largest absolute Gasteiger partial charge is 0.480 e. The number of nitro benzene ring substituents is 1. The quantitative estimate of drug-likeness (QED) is 0.627. The lowest BCUT2D eigenvalue weighted by molar-refractivity contribution is -0.384. The Bertz CT molecular complexity index is 681. The van der Waals surface area contributed by atoms with Crippen molar-refractivity contribution < 1.29 is 24.0 Å². The Hall–Kier alpha value is -2.81. The molecule has 1 aromatic carbocycles. The van der Waals surface area contributed by atoms with Crippen LogP contribution in [0.5, 0.6) is 0 Å². The van der Waals surface area contributed by atoms with Gasteiger partial charge in [0.15, 0.2) is 0 Å². The summed E-state index contributed by atoms with van der Waals surface area (Å²) in [5.41, 5.74) is 1.02. The molecule has 21 heavy (non-hydrogen) atoms. The van der Waals surface area contributed by atoms with Gasteiger partial charge in [-0.1, -0.05) is 0 Å². The number of carbonyl (C=O) groups is 1. The van der Waals surface area contributed by atoms with Crippen LogP contribution in [0.15, 0.2) is 22.6 Å². The molecule has 1 aromatic heterocycles. The van der Waals surface area contributed by atoms with Gasteiger partial charge in [-0.25, -0.2) is 4.79 Å². The van der Waals surface area contributed by atoms with Gasteiger partial charge in [0, 0.05) is 17.7 Å². The maximum atomic E-state index is 10.8. The third kappa shape index (κ3) is 3.83. The maximum absolute atomic E-state index is 10.8. The van der Waals surface area contributed by atoms with Crippen LogP contribution in [0, 0.1) is 17.0 Å². The zero-order chi connectivity index (χ0) is 15.4. The van der Waals surface area contributed by atoms with Crippen molar-refractivity contribution in [2.75, 3.05) is 6.61 Å². The molecule has 0 fully saturated rings. The first-order chi connectivity index (χ1) is 9.95. The number of non-ortho nitro benzene ring substituents is 1. The fraction of sp³-hybridized carbons (Fsp3) is 0.250. The first-order valence-electron chi connectivity index (χ1n) is 5.84. The van der Waals surface area contributed by atoms with E-state index in [1.165, 1.54) is 12.1 Å². The van der Waals surface area contributed by atoms with Gasteiger partial charge < -0.3 is 14.3 Å². The molecule has 2 rings (SSSR count). The number of nitrogens with zero attached hydrogens (tertiary/aromatic N) is 3. The highest BCUT2D eigenvalue weighted by Gasteiger charge is 2.14. The monoisotopic (exact) mass is 293 g/mol. The number of carboxylic acids is 1. The Kier molecular flexibility index (Phi) is 4.24. The summed E-state index contributed by atoms with van der Waals surface area (Å²) in [5.74, 6) is -0.907. The average Bonchev–Trinajstić information content (AvgIpc) is 2.86. The molecule has 110 valence electrons. The van der Waals surface area contributed by atoms with Crippen molar-refractivity contribution in [1.82, 2.24) is 10.2 Å². The molecule has 0 aliphatic carbocycles. The van der Waals surface area contributed by atoms with Crippen molar-refractivity contribution in [2.24, 2.45) is 0 Å². The standard InChI is InChI=1S/C12H11N3O6/c1-7-2-8(4-9(3-7)15(18)19)12-14-13-10(21-12)5-20-6-11(16)17/h2-4H,5-6H2,1H3,(H,16,17). The molecule has 1 heterocycles. The summed E-state index contributed by atoms with van der Waals surface area (Å²) in [6.45, 7) is 1.09. The number of nitro groups is 1. The van der Waals surface area contributed by atoms with Crippen LogP contribution in [0.25, 0.3) is 11.5 Å². The topological polar surface area (TPSA) is 129 Å². The lowest BCUT2D eigenvalue weighted by Gasteiger charge is -1.99. The minimum Gasteiger partial charge on any atom is -0.480 e. The SMILES string of the molecule is Cc1cc(-c2nnc(COCC(=O)O)o2)cc([N+](=O)[O-])c1. The first-order valence-corrected chi connectivity index (χ1v) is 5.84. The van der Waals surface area contributed by atoms with E-state index in [-0.39, 0.29) is 24.1 Å². The lowest BCUT2D eigenvalue weighted by atomic mass is 10.1. The average molecular weight is 293 g/mol. The summed E-state index contributed by atoms with van der Waals surface area (Å²) in [7, 11) is 0. The molecule has 9 heteroatoms. The van der Waals surface area contributed by atoms with Crippen LogP contribution in [0.2, 0.25) is 0 Å². The molecule has 1 N–H and O–H groups in total. The van der Waals surface area contributed by atoms with E-state index in [1.54, 1.807) is 13.0 Å². The fourth-order valence-corrected chi connectivity index (χ4v) is 1.65. The number of benzene rings is 1. The number of aromatic nitrogens is 2. The maximum Gasteiger partial charge on any atom is 0.329 e. The number of carboxylic acid groups (broad SMARTS) is 1. The summed E-state index contributed by atoms with van der Waals surface area (Å²) in [4.78, 5) is 20.6. The summed E-state index contributed by atoms with van der Waals surface area (Å²) in [6.07, 6.45) is 0. The first kappa shape index (κ1) is 14.6. The van der Waals surface area contributed by atoms with Crippen molar-refractivity contribution in [3.8, 4) is 11.5 Å². The summed E-state index contributed by atoms with van der Waals surface area (Å²) >= 11 is 0. The van der Waals surface area contributed by atoms with Crippen LogP contribution in [0.1, 0.15) is 11.5 Å². The van der Waals surface area contributed by atoms with Gasteiger partial charge in [-0.3, -0.25) is 10.1 Å². The highest BCUT2D eigenvalue weighted by molar-refractivity contribution is 5.68. The second-order valence-corrected chi connectivity index (χ2v) is 4.20. The molecular formula is C12H11N3O6. The second-order valence-electron chi connectivity index (χ2n) is 4.20. The molecule has 2 aromatic rings. The number of hydrogen-bond acceptors (Lipinski definition) is 7. The molecule has 0 amide bonds. The van der Waals surface area contributed by atoms with Crippen LogP contribution < -0.4 is 0 Å². The number of rotatable bonds is 6. The predicted molar refractivity (Wildman–Crippen MR) is 68.4 cm³/mol. The minimum atomic E-state index is -1.11. The van der Waals surface area contributed by atoms with E-state index < -0.39 is 17.5 Å². The molecule has 0 saturated carbocycles. The highest BCUT2D eigenvalue weighted by atomic mass is 16.6. The third-order valence-corrected chi connectivity index (χ3v) is 2.44. The van der Waals surface area contributed by atoms with Gasteiger partial charge in [-0.15, -0.1) is 10.2 Å². The van der Waals surface area contributed by atoms with E-state index in [9.17, 15) is 14.9 Å². The number of aliphatic carboxylic acids is 1. The number of aryl methyl sites for hydroxylation is 1. The van der Waals surface area contributed by atoms with E-state index in [2.05, 4.69) is 10.2 Å². The number of hydrogen-bond donors (Lipinski definition) is 1. The van der Waals surface area contributed by atoms with Crippen LogP contribution in [0.4, 0.5) is 5.69 Å². The lowest BCUT2D eigenvalue weighted by Crippen LogP contribution is -2.06. The van der Waals surface area contributed by atoms with Gasteiger partial charge in [-0.05, 0) is 18.6 Å². The molecule has 0 spiro atoms. The van der Waals surface area contributed by atoms with E-state index in [4.69, 9.17) is 14.3 Å². The van der Waals surface area contributed by atoms with Gasteiger partial charge >= 0.3 is 5.97 Å². The van der Waals surface area contributed by atoms with Crippen molar-refractivity contribution in [1.29, 1.82) is 0 Å². The molecule has 0 unspecified atom stereocenters. The van der Waals surface area contributed by atoms with Gasteiger partial charge in [-0.2, -0.15) is 0 Å².